The van der Waals surface area contributed by atoms with Gasteiger partial charge >= 0.3 is 5.97 Å². The summed E-state index contributed by atoms with van der Waals surface area (Å²) >= 11 is 0. The van der Waals surface area contributed by atoms with Gasteiger partial charge in [0.15, 0.2) is 0 Å². The Bertz CT molecular complexity index is 641. The van der Waals surface area contributed by atoms with E-state index < -0.39 is 11.9 Å². The first kappa shape index (κ1) is 13.7. The number of carbonyl (C=O) groups excluding carboxylic acids is 1. The van der Waals surface area contributed by atoms with E-state index >= 15 is 0 Å². The van der Waals surface area contributed by atoms with Crippen LogP contribution in [0.15, 0.2) is 42.5 Å². The van der Waals surface area contributed by atoms with Gasteiger partial charge < -0.3 is 10.4 Å². The van der Waals surface area contributed by atoms with E-state index in [4.69, 9.17) is 5.11 Å². The lowest BCUT2D eigenvalue weighted by atomic mass is 10.2. The fourth-order valence-electron chi connectivity index (χ4n) is 1.56. The molecule has 2 N–H and O–H groups in total. The molecule has 0 unspecified atom stereocenters. The standard InChI is InChI=1S/C14H11FN2O3/c15-10-6-4-9(5-7-10)8-16-13(18)11-2-1-3-12(17-11)14(19)20/h1-7H,8H2,(H,16,18)(H,19,20). The second kappa shape index (κ2) is 5.92. The molecule has 0 fully saturated rings. The van der Waals surface area contributed by atoms with E-state index in [0.29, 0.717) is 0 Å². The quantitative estimate of drug-likeness (QED) is 0.891. The van der Waals surface area contributed by atoms with Crippen LogP contribution >= 0.6 is 0 Å². The summed E-state index contributed by atoms with van der Waals surface area (Å²) in [4.78, 5) is 26.3. The predicted octanol–water partition coefficient (Wildman–Crippen LogP) is 1.85. The largest absolute Gasteiger partial charge is 0.477 e. The number of carboxylic acids is 1. The third-order valence-electron chi connectivity index (χ3n) is 2.57. The molecule has 2 rings (SSSR count). The fourth-order valence-corrected chi connectivity index (χ4v) is 1.56. The highest BCUT2D eigenvalue weighted by atomic mass is 19.1. The van der Waals surface area contributed by atoms with Gasteiger partial charge in [-0.3, -0.25) is 4.79 Å². The Morgan fingerprint density at radius 2 is 1.75 bits per heavy atom. The molecule has 102 valence electrons. The zero-order valence-electron chi connectivity index (χ0n) is 10.3. The molecule has 1 aromatic heterocycles. The second-order valence-electron chi connectivity index (χ2n) is 4.02. The molecular formula is C14H11FN2O3. The van der Waals surface area contributed by atoms with Crippen LogP contribution in [0.3, 0.4) is 0 Å². The van der Waals surface area contributed by atoms with Crippen LogP contribution in [-0.2, 0) is 6.54 Å². The average molecular weight is 274 g/mol. The topological polar surface area (TPSA) is 79.3 Å². The first-order valence-corrected chi connectivity index (χ1v) is 5.79. The predicted molar refractivity (Wildman–Crippen MR) is 68.8 cm³/mol. The molecule has 5 nitrogen and oxygen atoms in total. The number of hydrogen-bond donors (Lipinski definition) is 2. The van der Waals surface area contributed by atoms with Crippen molar-refractivity contribution in [3.63, 3.8) is 0 Å². The molecule has 2 aromatic rings. The van der Waals surface area contributed by atoms with Crippen LogP contribution in [0.4, 0.5) is 4.39 Å². The highest BCUT2D eigenvalue weighted by Crippen LogP contribution is 2.04. The number of nitrogens with zero attached hydrogens (tertiary/aromatic N) is 1. The molecule has 0 atom stereocenters. The molecule has 0 saturated heterocycles. The van der Waals surface area contributed by atoms with Gasteiger partial charge in [-0.1, -0.05) is 18.2 Å². The summed E-state index contributed by atoms with van der Waals surface area (Å²) in [6.45, 7) is 0.206. The van der Waals surface area contributed by atoms with Gasteiger partial charge in [0, 0.05) is 6.54 Å². The maximum atomic E-state index is 12.7. The van der Waals surface area contributed by atoms with Gasteiger partial charge in [0.05, 0.1) is 0 Å². The van der Waals surface area contributed by atoms with Crippen LogP contribution in [0.2, 0.25) is 0 Å². The van der Waals surface area contributed by atoms with E-state index in [2.05, 4.69) is 10.3 Å². The summed E-state index contributed by atoms with van der Waals surface area (Å²) in [5.74, 6) is -2.04. The summed E-state index contributed by atoms with van der Waals surface area (Å²) in [5, 5.41) is 11.4. The Kier molecular flexibility index (Phi) is 4.05. The lowest BCUT2D eigenvalue weighted by molar-refractivity contribution is 0.0690. The van der Waals surface area contributed by atoms with Gasteiger partial charge in [-0.15, -0.1) is 0 Å². The molecule has 0 aliphatic carbocycles. The van der Waals surface area contributed by atoms with Crippen molar-refractivity contribution in [2.75, 3.05) is 0 Å². The molecule has 1 amide bonds. The summed E-state index contributed by atoms with van der Waals surface area (Å²) in [7, 11) is 0. The fraction of sp³-hybridized carbons (Fsp3) is 0.0714. The Balaban J connectivity index is 2.03. The zero-order valence-corrected chi connectivity index (χ0v) is 10.3. The minimum atomic E-state index is -1.20. The van der Waals surface area contributed by atoms with Crippen LogP contribution in [0.1, 0.15) is 26.5 Å². The molecule has 0 bridgehead atoms. The number of nitrogens with one attached hydrogen (secondary N) is 1. The molecule has 0 radical (unpaired) electrons. The van der Waals surface area contributed by atoms with Gasteiger partial charge in [-0.25, -0.2) is 14.2 Å². The number of aromatic nitrogens is 1. The first-order valence-electron chi connectivity index (χ1n) is 5.79. The van der Waals surface area contributed by atoms with Crippen LogP contribution in [-0.4, -0.2) is 22.0 Å². The SMILES string of the molecule is O=C(O)c1cccc(C(=O)NCc2ccc(F)cc2)n1. The monoisotopic (exact) mass is 274 g/mol. The van der Waals surface area contributed by atoms with Crippen LogP contribution in [0.5, 0.6) is 0 Å². The third kappa shape index (κ3) is 3.38. The molecule has 0 aliphatic rings. The number of pyridine rings is 1. The number of amides is 1. The van der Waals surface area contributed by atoms with E-state index in [1.807, 2.05) is 0 Å². The van der Waals surface area contributed by atoms with E-state index in [0.717, 1.165) is 5.56 Å². The lowest BCUT2D eigenvalue weighted by Gasteiger charge is -2.05. The summed E-state index contributed by atoms with van der Waals surface area (Å²) in [6, 6.07) is 9.87. The van der Waals surface area contributed by atoms with Crippen molar-refractivity contribution in [3.8, 4) is 0 Å². The molecule has 0 aliphatic heterocycles. The number of hydrogen-bond acceptors (Lipinski definition) is 3. The van der Waals surface area contributed by atoms with Crippen molar-refractivity contribution in [2.45, 2.75) is 6.54 Å². The number of carboxylic acid groups (broad SMARTS) is 1. The Hall–Kier alpha value is -2.76. The molecule has 1 aromatic carbocycles. The average Bonchev–Trinajstić information content (AvgIpc) is 2.46. The summed E-state index contributed by atoms with van der Waals surface area (Å²) in [5.41, 5.74) is 0.556. The van der Waals surface area contributed by atoms with Gasteiger partial charge in [-0.05, 0) is 29.8 Å². The van der Waals surface area contributed by atoms with Gasteiger partial charge in [0.2, 0.25) is 0 Å². The highest BCUT2D eigenvalue weighted by molar-refractivity contribution is 5.94. The van der Waals surface area contributed by atoms with E-state index in [1.54, 1.807) is 12.1 Å². The number of rotatable bonds is 4. The van der Waals surface area contributed by atoms with Crippen LogP contribution in [0.25, 0.3) is 0 Å². The van der Waals surface area contributed by atoms with E-state index in [1.165, 1.54) is 30.3 Å². The van der Waals surface area contributed by atoms with Crippen molar-refractivity contribution in [3.05, 3.63) is 65.2 Å². The second-order valence-corrected chi connectivity index (χ2v) is 4.02. The molecule has 0 spiro atoms. The van der Waals surface area contributed by atoms with E-state index in [-0.39, 0.29) is 23.7 Å². The van der Waals surface area contributed by atoms with Gasteiger partial charge in [0.25, 0.3) is 5.91 Å². The Morgan fingerprint density at radius 1 is 1.10 bits per heavy atom. The minimum Gasteiger partial charge on any atom is -0.477 e. The highest BCUT2D eigenvalue weighted by Gasteiger charge is 2.10. The van der Waals surface area contributed by atoms with Crippen molar-refractivity contribution in [2.24, 2.45) is 0 Å². The summed E-state index contributed by atoms with van der Waals surface area (Å²) < 4.78 is 12.7. The summed E-state index contributed by atoms with van der Waals surface area (Å²) in [6.07, 6.45) is 0. The molecular weight excluding hydrogens is 263 g/mol. The maximum Gasteiger partial charge on any atom is 0.354 e. The minimum absolute atomic E-state index is 0.0204. The van der Waals surface area contributed by atoms with Gasteiger partial charge in [0.1, 0.15) is 17.2 Å². The lowest BCUT2D eigenvalue weighted by Crippen LogP contribution is -2.24. The van der Waals surface area contributed by atoms with Gasteiger partial charge in [-0.2, -0.15) is 0 Å². The van der Waals surface area contributed by atoms with Crippen LogP contribution < -0.4 is 5.32 Å². The van der Waals surface area contributed by atoms with Crippen molar-refractivity contribution in [1.29, 1.82) is 0 Å². The molecule has 0 saturated carbocycles. The van der Waals surface area contributed by atoms with Crippen molar-refractivity contribution in [1.82, 2.24) is 10.3 Å². The number of carbonyl (C=O) groups is 2. The van der Waals surface area contributed by atoms with Crippen molar-refractivity contribution >= 4 is 11.9 Å². The van der Waals surface area contributed by atoms with Crippen LogP contribution in [0, 0.1) is 5.82 Å². The Morgan fingerprint density at radius 3 is 2.40 bits per heavy atom. The molecule has 6 heteroatoms. The molecule has 20 heavy (non-hydrogen) atoms. The smallest absolute Gasteiger partial charge is 0.354 e. The Labute approximate surface area is 114 Å². The van der Waals surface area contributed by atoms with Crippen molar-refractivity contribution < 1.29 is 19.1 Å². The third-order valence-corrected chi connectivity index (χ3v) is 2.57. The number of benzene rings is 1. The number of aromatic carboxylic acids is 1. The number of halogens is 1. The first-order chi connectivity index (χ1) is 9.56. The van der Waals surface area contributed by atoms with E-state index in [9.17, 15) is 14.0 Å². The normalized spacial score (nSPS) is 10.1. The maximum absolute atomic E-state index is 12.7. The molecule has 1 heterocycles. The zero-order chi connectivity index (χ0) is 14.5.